The minimum absolute atomic E-state index is 0.408. The Balaban J connectivity index is 1.76. The summed E-state index contributed by atoms with van der Waals surface area (Å²) in [4.78, 5) is 2.60. The Labute approximate surface area is 127 Å². The van der Waals surface area contributed by atoms with Crippen LogP contribution in [0.15, 0.2) is 18.2 Å². The van der Waals surface area contributed by atoms with Crippen LogP contribution in [0.5, 0.6) is 11.5 Å². The van der Waals surface area contributed by atoms with E-state index in [4.69, 9.17) is 9.47 Å². The van der Waals surface area contributed by atoms with Crippen LogP contribution in [-0.4, -0.2) is 44.3 Å². The third-order valence-electron chi connectivity index (χ3n) is 4.99. The Morgan fingerprint density at radius 2 is 1.86 bits per heavy atom. The van der Waals surface area contributed by atoms with Crippen LogP contribution >= 0.6 is 0 Å². The first-order chi connectivity index (χ1) is 10.2. The molecule has 21 heavy (non-hydrogen) atoms. The van der Waals surface area contributed by atoms with E-state index in [9.17, 15) is 0 Å². The maximum Gasteiger partial charge on any atom is 0.161 e. The summed E-state index contributed by atoms with van der Waals surface area (Å²) in [5.41, 5.74) is 1.30. The normalized spacial score (nSPS) is 27.2. The first-order valence-electron chi connectivity index (χ1n) is 7.93. The second-order valence-corrected chi connectivity index (χ2v) is 6.21. The van der Waals surface area contributed by atoms with Gasteiger partial charge in [-0.1, -0.05) is 6.07 Å². The molecule has 0 amide bonds. The fourth-order valence-corrected chi connectivity index (χ4v) is 3.65. The first-order valence-corrected chi connectivity index (χ1v) is 7.93. The Bertz CT molecular complexity index is 492. The van der Waals surface area contributed by atoms with Gasteiger partial charge in [-0.25, -0.2) is 0 Å². The summed E-state index contributed by atoms with van der Waals surface area (Å²) in [5.74, 6) is 1.61. The second-order valence-electron chi connectivity index (χ2n) is 6.21. The van der Waals surface area contributed by atoms with Crippen molar-refractivity contribution >= 4 is 0 Å². The van der Waals surface area contributed by atoms with Crippen molar-refractivity contribution < 1.29 is 9.47 Å². The molecule has 0 aliphatic carbocycles. The molecule has 2 heterocycles. The van der Waals surface area contributed by atoms with Crippen molar-refractivity contribution in [3.63, 3.8) is 0 Å². The summed E-state index contributed by atoms with van der Waals surface area (Å²) in [6.07, 6.45) is 3.93. The molecule has 116 valence electrons. The Morgan fingerprint density at radius 3 is 2.62 bits per heavy atom. The molecule has 4 nitrogen and oxygen atoms in total. The number of likely N-dealkylation sites (tertiary alicyclic amines) is 1. The lowest BCUT2D eigenvalue weighted by molar-refractivity contribution is 0.199. The molecule has 2 aliphatic heterocycles. The van der Waals surface area contributed by atoms with Crippen molar-refractivity contribution in [3.8, 4) is 11.5 Å². The number of methoxy groups -OCH3 is 2. The van der Waals surface area contributed by atoms with E-state index in [1.54, 1.807) is 14.2 Å². The fourth-order valence-electron chi connectivity index (χ4n) is 3.65. The van der Waals surface area contributed by atoms with Gasteiger partial charge in [-0.15, -0.1) is 0 Å². The molecule has 3 atom stereocenters. The van der Waals surface area contributed by atoms with Gasteiger partial charge in [-0.05, 0) is 43.9 Å². The van der Waals surface area contributed by atoms with Crippen LogP contribution in [0.25, 0.3) is 0 Å². The number of hydrogen-bond donors (Lipinski definition) is 1. The largest absolute Gasteiger partial charge is 0.493 e. The monoisotopic (exact) mass is 290 g/mol. The van der Waals surface area contributed by atoms with Crippen LogP contribution in [-0.2, 0) is 0 Å². The molecule has 2 aliphatic rings. The van der Waals surface area contributed by atoms with Crippen molar-refractivity contribution in [2.24, 2.45) is 0 Å². The molecule has 1 aromatic carbocycles. The van der Waals surface area contributed by atoms with Gasteiger partial charge >= 0.3 is 0 Å². The molecule has 0 saturated carbocycles. The number of hydrogen-bond acceptors (Lipinski definition) is 4. The van der Waals surface area contributed by atoms with Crippen LogP contribution in [0.4, 0.5) is 0 Å². The molecule has 2 saturated heterocycles. The van der Waals surface area contributed by atoms with Crippen LogP contribution in [0.3, 0.4) is 0 Å². The highest BCUT2D eigenvalue weighted by molar-refractivity contribution is 5.43. The van der Waals surface area contributed by atoms with E-state index in [2.05, 4.69) is 29.3 Å². The van der Waals surface area contributed by atoms with Gasteiger partial charge in [0.05, 0.1) is 14.2 Å². The van der Waals surface area contributed by atoms with Crippen molar-refractivity contribution in [2.45, 2.75) is 44.3 Å². The number of ether oxygens (including phenoxy) is 2. The van der Waals surface area contributed by atoms with Crippen LogP contribution in [0.1, 0.15) is 37.8 Å². The third-order valence-corrected chi connectivity index (χ3v) is 4.99. The average molecular weight is 290 g/mol. The Hall–Kier alpha value is -1.26. The molecular weight excluding hydrogens is 264 g/mol. The molecule has 1 aromatic rings. The quantitative estimate of drug-likeness (QED) is 0.924. The molecule has 0 aromatic heterocycles. The number of nitrogens with zero attached hydrogens (tertiary/aromatic N) is 1. The first kappa shape index (κ1) is 14.7. The third kappa shape index (κ3) is 3.01. The van der Waals surface area contributed by atoms with Crippen molar-refractivity contribution in [1.82, 2.24) is 10.2 Å². The summed E-state index contributed by atoms with van der Waals surface area (Å²) in [6, 6.07) is 8.08. The highest BCUT2D eigenvalue weighted by atomic mass is 16.5. The standard InChI is InChI=1S/C17H26N2O2/c1-12(13-4-7-16(20-2)17(10-13)21-3)19-9-8-14-5-6-15(11-19)18-14/h4,7,10,12,14-15,18H,5-6,8-9,11H2,1-3H3. The van der Waals surface area contributed by atoms with E-state index < -0.39 is 0 Å². The Morgan fingerprint density at radius 1 is 1.10 bits per heavy atom. The summed E-state index contributed by atoms with van der Waals surface area (Å²) in [5, 5.41) is 3.74. The molecule has 4 heteroatoms. The summed E-state index contributed by atoms with van der Waals surface area (Å²) >= 11 is 0. The smallest absolute Gasteiger partial charge is 0.161 e. The molecular formula is C17H26N2O2. The van der Waals surface area contributed by atoms with Gasteiger partial charge in [0, 0.05) is 31.2 Å². The van der Waals surface area contributed by atoms with Gasteiger partial charge in [-0.3, -0.25) is 4.90 Å². The number of fused-ring (bicyclic) bond motifs is 2. The summed E-state index contributed by atoms with van der Waals surface area (Å²) < 4.78 is 10.8. The predicted octanol–water partition coefficient (Wildman–Crippen LogP) is 2.59. The SMILES string of the molecule is COc1ccc(C(C)N2CCC3CCC(C2)N3)cc1OC. The molecule has 0 radical (unpaired) electrons. The zero-order chi connectivity index (χ0) is 14.8. The molecule has 0 spiro atoms. The Kier molecular flexibility index (Phi) is 4.36. The van der Waals surface area contributed by atoms with Crippen molar-refractivity contribution in [1.29, 1.82) is 0 Å². The van der Waals surface area contributed by atoms with E-state index in [-0.39, 0.29) is 0 Å². The molecule has 2 bridgehead atoms. The van der Waals surface area contributed by atoms with Gasteiger partial charge in [-0.2, -0.15) is 0 Å². The zero-order valence-electron chi connectivity index (χ0n) is 13.3. The van der Waals surface area contributed by atoms with Crippen molar-refractivity contribution in [3.05, 3.63) is 23.8 Å². The summed E-state index contributed by atoms with van der Waals surface area (Å²) in [6.45, 7) is 4.61. The highest BCUT2D eigenvalue weighted by Crippen LogP contribution is 2.33. The van der Waals surface area contributed by atoms with Gasteiger partial charge in [0.25, 0.3) is 0 Å². The molecule has 2 fully saturated rings. The average Bonchev–Trinajstić information content (AvgIpc) is 2.85. The van der Waals surface area contributed by atoms with Crippen LogP contribution in [0, 0.1) is 0 Å². The highest BCUT2D eigenvalue weighted by Gasteiger charge is 2.31. The minimum atomic E-state index is 0.408. The molecule has 3 unspecified atom stereocenters. The lowest BCUT2D eigenvalue weighted by atomic mass is 10.0. The maximum atomic E-state index is 5.43. The van der Waals surface area contributed by atoms with Crippen LogP contribution in [0.2, 0.25) is 0 Å². The van der Waals surface area contributed by atoms with Crippen molar-refractivity contribution in [2.75, 3.05) is 27.3 Å². The van der Waals surface area contributed by atoms with Gasteiger partial charge < -0.3 is 14.8 Å². The van der Waals surface area contributed by atoms with E-state index in [0.717, 1.165) is 24.1 Å². The predicted molar refractivity (Wildman–Crippen MR) is 84.1 cm³/mol. The lowest BCUT2D eigenvalue weighted by Gasteiger charge is -2.31. The number of nitrogens with one attached hydrogen (secondary N) is 1. The molecule has 3 rings (SSSR count). The molecule has 1 N–H and O–H groups in total. The summed E-state index contributed by atoms with van der Waals surface area (Å²) in [7, 11) is 3.37. The van der Waals surface area contributed by atoms with E-state index in [1.807, 2.05) is 6.07 Å². The van der Waals surface area contributed by atoms with Gasteiger partial charge in [0.15, 0.2) is 11.5 Å². The second kappa shape index (κ2) is 6.24. The number of rotatable bonds is 4. The van der Waals surface area contributed by atoms with Crippen LogP contribution < -0.4 is 14.8 Å². The number of benzene rings is 1. The van der Waals surface area contributed by atoms with Gasteiger partial charge in [0.1, 0.15) is 0 Å². The van der Waals surface area contributed by atoms with E-state index in [1.165, 1.54) is 31.4 Å². The van der Waals surface area contributed by atoms with E-state index in [0.29, 0.717) is 12.1 Å². The topological polar surface area (TPSA) is 33.7 Å². The lowest BCUT2D eigenvalue weighted by Crippen LogP contribution is -2.36. The van der Waals surface area contributed by atoms with E-state index >= 15 is 0 Å². The maximum absolute atomic E-state index is 5.43. The zero-order valence-corrected chi connectivity index (χ0v) is 13.3. The van der Waals surface area contributed by atoms with Gasteiger partial charge in [0.2, 0.25) is 0 Å². The fraction of sp³-hybridized carbons (Fsp3) is 0.647. The minimum Gasteiger partial charge on any atom is -0.493 e.